The van der Waals surface area contributed by atoms with Crippen molar-refractivity contribution in [3.8, 4) is 6.01 Å². The van der Waals surface area contributed by atoms with E-state index in [1.54, 1.807) is 0 Å². The summed E-state index contributed by atoms with van der Waals surface area (Å²) in [7, 11) is 1.32. The van der Waals surface area contributed by atoms with E-state index in [4.69, 9.17) is 20.3 Å². The van der Waals surface area contributed by atoms with Gasteiger partial charge in [0.25, 0.3) is 5.56 Å². The molecule has 0 aliphatic carbocycles. The van der Waals surface area contributed by atoms with Crippen LogP contribution in [-0.2, 0) is 4.74 Å². The van der Waals surface area contributed by atoms with Gasteiger partial charge in [-0.25, -0.2) is 4.57 Å². The predicted octanol–water partition coefficient (Wildman–Crippen LogP) is -2.68. The molecule has 4 atom stereocenters. The summed E-state index contributed by atoms with van der Waals surface area (Å²) in [4.78, 5) is 22.1. The fraction of sp³-hybridized carbons (Fsp3) is 0.545. The molecule has 22 heavy (non-hydrogen) atoms. The highest BCUT2D eigenvalue weighted by Crippen LogP contribution is 2.34. The molecule has 11 nitrogen and oxygen atoms in total. The van der Waals surface area contributed by atoms with Crippen LogP contribution in [0.4, 0.5) is 5.95 Å². The van der Waals surface area contributed by atoms with E-state index in [1.165, 1.54) is 11.7 Å². The van der Waals surface area contributed by atoms with Crippen LogP contribution >= 0.6 is 0 Å². The lowest BCUT2D eigenvalue weighted by Crippen LogP contribution is -2.33. The molecule has 1 fully saturated rings. The van der Waals surface area contributed by atoms with E-state index in [2.05, 4.69) is 15.0 Å². The van der Waals surface area contributed by atoms with Crippen molar-refractivity contribution >= 4 is 17.1 Å². The zero-order valence-corrected chi connectivity index (χ0v) is 11.5. The summed E-state index contributed by atoms with van der Waals surface area (Å²) in [5.74, 6) is -0.145. The van der Waals surface area contributed by atoms with Crippen molar-refractivity contribution < 1.29 is 24.8 Å². The minimum atomic E-state index is -1.37. The van der Waals surface area contributed by atoms with Gasteiger partial charge in [0.2, 0.25) is 5.95 Å². The van der Waals surface area contributed by atoms with Gasteiger partial charge >= 0.3 is 6.01 Å². The summed E-state index contributed by atoms with van der Waals surface area (Å²) in [5.41, 5.74) is 4.92. The van der Waals surface area contributed by atoms with Crippen molar-refractivity contribution in [1.29, 1.82) is 0 Å². The van der Waals surface area contributed by atoms with Crippen molar-refractivity contribution in [3.63, 3.8) is 0 Å². The number of aromatic amines is 1. The minimum Gasteiger partial charge on any atom is -0.468 e. The Balaban J connectivity index is 2.20. The van der Waals surface area contributed by atoms with Gasteiger partial charge in [-0.2, -0.15) is 9.97 Å². The first kappa shape index (κ1) is 14.7. The van der Waals surface area contributed by atoms with Crippen LogP contribution < -0.4 is 16.0 Å². The number of imidazole rings is 1. The second-order valence-corrected chi connectivity index (χ2v) is 4.82. The SMILES string of the molecule is COc1nc2c(=O)[nH]c(N)nc2n1[C@@H]1O[C@@H](CO)[C@@H](O)[C@H]1O. The lowest BCUT2D eigenvalue weighted by Gasteiger charge is -2.18. The molecule has 1 aliphatic heterocycles. The lowest BCUT2D eigenvalue weighted by atomic mass is 10.1. The molecule has 1 saturated heterocycles. The van der Waals surface area contributed by atoms with Crippen molar-refractivity contribution in [1.82, 2.24) is 19.5 Å². The summed E-state index contributed by atoms with van der Waals surface area (Å²) < 4.78 is 11.7. The molecule has 2 aromatic rings. The Bertz CT molecular complexity index is 757. The van der Waals surface area contributed by atoms with Crippen LogP contribution in [0.1, 0.15) is 6.23 Å². The first-order valence-electron chi connectivity index (χ1n) is 6.42. The molecule has 6 N–H and O–H groups in total. The third kappa shape index (κ3) is 2.02. The van der Waals surface area contributed by atoms with Crippen molar-refractivity contribution in [2.45, 2.75) is 24.5 Å². The fourth-order valence-electron chi connectivity index (χ4n) is 2.45. The number of anilines is 1. The molecule has 2 aromatic heterocycles. The summed E-state index contributed by atoms with van der Waals surface area (Å²) >= 11 is 0. The number of rotatable bonds is 3. The topological polar surface area (TPSA) is 169 Å². The molecule has 0 bridgehead atoms. The number of ether oxygens (including phenoxy) is 2. The first-order valence-corrected chi connectivity index (χ1v) is 6.42. The van der Waals surface area contributed by atoms with Gasteiger partial charge in [-0.3, -0.25) is 9.78 Å². The third-order valence-corrected chi connectivity index (χ3v) is 3.49. The molecule has 120 valence electrons. The molecule has 0 aromatic carbocycles. The second-order valence-electron chi connectivity index (χ2n) is 4.82. The van der Waals surface area contributed by atoms with Gasteiger partial charge < -0.3 is 30.5 Å². The number of nitrogen functional groups attached to an aromatic ring is 1. The average Bonchev–Trinajstić information content (AvgIpc) is 2.98. The van der Waals surface area contributed by atoms with Crippen LogP contribution in [0.2, 0.25) is 0 Å². The Morgan fingerprint density at radius 1 is 1.41 bits per heavy atom. The van der Waals surface area contributed by atoms with Crippen LogP contribution in [0, 0.1) is 0 Å². The number of methoxy groups -OCH3 is 1. The second kappa shape index (κ2) is 5.21. The van der Waals surface area contributed by atoms with Crippen LogP contribution in [0.5, 0.6) is 6.01 Å². The van der Waals surface area contributed by atoms with Gasteiger partial charge in [0.15, 0.2) is 17.4 Å². The maximum absolute atomic E-state index is 11.9. The van der Waals surface area contributed by atoms with Crippen LogP contribution in [0.3, 0.4) is 0 Å². The smallest absolute Gasteiger partial charge is 0.300 e. The van der Waals surface area contributed by atoms with E-state index >= 15 is 0 Å². The number of hydrogen-bond donors (Lipinski definition) is 5. The summed E-state index contributed by atoms with van der Waals surface area (Å²) in [5, 5.41) is 29.1. The molecular weight excluding hydrogens is 298 g/mol. The van der Waals surface area contributed by atoms with E-state index in [1.807, 2.05) is 0 Å². The lowest BCUT2D eigenvalue weighted by molar-refractivity contribution is -0.0537. The van der Waals surface area contributed by atoms with Gasteiger partial charge in [-0.15, -0.1) is 0 Å². The largest absolute Gasteiger partial charge is 0.468 e. The Labute approximate surface area is 122 Å². The Kier molecular flexibility index (Phi) is 3.48. The van der Waals surface area contributed by atoms with Gasteiger partial charge in [-0.1, -0.05) is 0 Å². The van der Waals surface area contributed by atoms with Gasteiger partial charge in [0.1, 0.15) is 18.3 Å². The highest BCUT2D eigenvalue weighted by Gasteiger charge is 2.45. The number of aliphatic hydroxyl groups excluding tert-OH is 3. The average molecular weight is 313 g/mol. The third-order valence-electron chi connectivity index (χ3n) is 3.49. The highest BCUT2D eigenvalue weighted by molar-refractivity contribution is 5.72. The van der Waals surface area contributed by atoms with Gasteiger partial charge in [-0.05, 0) is 0 Å². The van der Waals surface area contributed by atoms with Crippen LogP contribution in [0.25, 0.3) is 11.2 Å². The molecule has 0 amide bonds. The molecule has 0 unspecified atom stereocenters. The maximum Gasteiger partial charge on any atom is 0.300 e. The number of aliphatic hydroxyl groups is 3. The standard InChI is InChI=1S/C11H15N5O6/c1-21-11-13-4-7(14-10(12)15-8(4)20)16(11)9-6(19)5(18)3(2-17)22-9/h3,5-6,9,17-19H,2H2,1H3,(H3,12,14,15,20)/t3-,5+,6+,9+/m0/s1. The number of hydrogen-bond acceptors (Lipinski definition) is 9. The van der Waals surface area contributed by atoms with E-state index < -0.39 is 36.7 Å². The van der Waals surface area contributed by atoms with Gasteiger partial charge in [0, 0.05) is 0 Å². The minimum absolute atomic E-state index is 0.0351. The summed E-state index contributed by atoms with van der Waals surface area (Å²) in [6.45, 7) is -0.486. The molecule has 1 aliphatic rings. The monoisotopic (exact) mass is 313 g/mol. The first-order chi connectivity index (χ1) is 10.5. The highest BCUT2D eigenvalue weighted by atomic mass is 16.6. The molecule has 0 saturated carbocycles. The number of nitrogens with one attached hydrogen (secondary N) is 1. The molecular formula is C11H15N5O6. The molecule has 3 heterocycles. The zero-order chi connectivity index (χ0) is 16.0. The number of fused-ring (bicyclic) bond motifs is 1. The maximum atomic E-state index is 11.9. The van der Waals surface area contributed by atoms with Crippen LogP contribution in [0.15, 0.2) is 4.79 Å². The molecule has 0 radical (unpaired) electrons. The number of nitrogens with zero attached hydrogens (tertiary/aromatic N) is 3. The number of aromatic nitrogens is 4. The zero-order valence-electron chi connectivity index (χ0n) is 11.5. The van der Waals surface area contributed by atoms with Crippen LogP contribution in [-0.4, -0.2) is 66.9 Å². The molecule has 3 rings (SSSR count). The van der Waals surface area contributed by atoms with Crippen molar-refractivity contribution in [2.75, 3.05) is 19.5 Å². The normalized spacial score (nSPS) is 28.4. The van der Waals surface area contributed by atoms with Gasteiger partial charge in [0.05, 0.1) is 13.7 Å². The number of H-pyrrole nitrogens is 1. The fourth-order valence-corrected chi connectivity index (χ4v) is 2.45. The quantitative estimate of drug-likeness (QED) is 0.405. The van der Waals surface area contributed by atoms with E-state index in [0.717, 1.165) is 0 Å². The molecule has 11 heteroatoms. The molecule has 0 spiro atoms. The Morgan fingerprint density at radius 2 is 2.14 bits per heavy atom. The van der Waals surface area contributed by atoms with E-state index in [-0.39, 0.29) is 23.1 Å². The van der Waals surface area contributed by atoms with E-state index in [9.17, 15) is 15.0 Å². The predicted molar refractivity (Wildman–Crippen MR) is 72.1 cm³/mol. The Morgan fingerprint density at radius 3 is 2.73 bits per heavy atom. The summed E-state index contributed by atoms with van der Waals surface area (Å²) in [6, 6.07) is -0.0477. The van der Waals surface area contributed by atoms with Crippen molar-refractivity contribution in [3.05, 3.63) is 10.4 Å². The Hall–Kier alpha value is -2.21. The summed E-state index contributed by atoms with van der Waals surface area (Å²) in [6.07, 6.45) is -4.80. The van der Waals surface area contributed by atoms with E-state index in [0.29, 0.717) is 0 Å². The van der Waals surface area contributed by atoms with Crippen molar-refractivity contribution in [2.24, 2.45) is 0 Å². The number of nitrogens with two attached hydrogens (primary N) is 1.